The van der Waals surface area contributed by atoms with E-state index in [2.05, 4.69) is 33.8 Å². The van der Waals surface area contributed by atoms with Gasteiger partial charge in [0, 0.05) is 29.9 Å². The first-order chi connectivity index (χ1) is 15.7. The first-order valence-corrected chi connectivity index (χ1v) is 12.2. The summed E-state index contributed by atoms with van der Waals surface area (Å²) in [6, 6.07) is 11.3. The highest BCUT2D eigenvalue weighted by atomic mass is 16.5. The molecule has 4 atom stereocenters. The summed E-state index contributed by atoms with van der Waals surface area (Å²) in [6.07, 6.45) is 7.24. The number of rotatable bonds is 6. The number of fused-ring (bicyclic) bond motifs is 1. The predicted molar refractivity (Wildman–Crippen MR) is 129 cm³/mol. The van der Waals surface area contributed by atoms with Crippen LogP contribution in [0.25, 0.3) is 0 Å². The zero-order chi connectivity index (χ0) is 23.4. The van der Waals surface area contributed by atoms with Crippen LogP contribution in [0.15, 0.2) is 48.0 Å². The summed E-state index contributed by atoms with van der Waals surface area (Å²) >= 11 is 0. The van der Waals surface area contributed by atoms with Crippen molar-refractivity contribution in [3.8, 4) is 17.2 Å². The van der Waals surface area contributed by atoms with E-state index in [0.717, 1.165) is 43.2 Å². The van der Waals surface area contributed by atoms with Crippen LogP contribution in [0, 0.1) is 5.92 Å². The standard InChI is InChI=1S/C29H34O4/c1-18(2)9-8-13-29(4)21-12-14-28(3)17-20(21)25-24(32-28)16-23(31)26(27(25)33-29)22(30)15-19-10-6-5-7-11-19/h5-7,9-11,16,20-21,31H,8,12-15,17H2,1-4H3. The molecule has 2 aromatic rings. The number of hydrogen-bond donors (Lipinski definition) is 1. The number of benzene rings is 2. The van der Waals surface area contributed by atoms with Gasteiger partial charge < -0.3 is 14.6 Å². The fourth-order valence-electron chi connectivity index (χ4n) is 6.27. The van der Waals surface area contributed by atoms with E-state index in [1.54, 1.807) is 6.07 Å². The van der Waals surface area contributed by atoms with Crippen molar-refractivity contribution < 1.29 is 19.4 Å². The monoisotopic (exact) mass is 446 g/mol. The van der Waals surface area contributed by atoms with Crippen molar-refractivity contribution in [1.29, 1.82) is 0 Å². The molecule has 0 saturated heterocycles. The number of hydrogen-bond acceptors (Lipinski definition) is 4. The maximum absolute atomic E-state index is 13.5. The number of phenolic OH excluding ortho intramolecular Hbond substituents is 1. The smallest absolute Gasteiger partial charge is 0.174 e. The first-order valence-electron chi connectivity index (χ1n) is 12.2. The van der Waals surface area contributed by atoms with E-state index in [4.69, 9.17) is 9.47 Å². The van der Waals surface area contributed by atoms with Crippen LogP contribution in [0.3, 0.4) is 0 Å². The van der Waals surface area contributed by atoms with Crippen LogP contribution < -0.4 is 9.47 Å². The van der Waals surface area contributed by atoms with Crippen LogP contribution in [0.2, 0.25) is 0 Å². The topological polar surface area (TPSA) is 55.8 Å². The second-order valence-corrected chi connectivity index (χ2v) is 10.8. The van der Waals surface area contributed by atoms with Gasteiger partial charge in [0.15, 0.2) is 5.78 Å². The molecule has 1 saturated carbocycles. The Balaban J connectivity index is 1.60. The van der Waals surface area contributed by atoms with Gasteiger partial charge in [0.25, 0.3) is 0 Å². The molecule has 0 spiro atoms. The Labute approximate surface area is 196 Å². The summed E-state index contributed by atoms with van der Waals surface area (Å²) in [7, 11) is 0. The zero-order valence-electron chi connectivity index (χ0n) is 20.1. The van der Waals surface area contributed by atoms with Gasteiger partial charge in [-0.05, 0) is 65.4 Å². The lowest BCUT2D eigenvalue weighted by molar-refractivity contribution is -0.0840. The van der Waals surface area contributed by atoms with Gasteiger partial charge in [-0.25, -0.2) is 0 Å². The van der Waals surface area contributed by atoms with Crippen molar-refractivity contribution in [2.45, 2.75) is 83.3 Å². The number of ketones is 1. The number of phenols is 1. The van der Waals surface area contributed by atoms with Gasteiger partial charge in [-0.15, -0.1) is 0 Å². The number of Topliss-reactive ketones (excluding diaryl/α,β-unsaturated/α-hetero) is 1. The molecule has 4 heteroatoms. The van der Waals surface area contributed by atoms with Crippen molar-refractivity contribution in [3.63, 3.8) is 0 Å². The van der Waals surface area contributed by atoms with Crippen LogP contribution in [0.4, 0.5) is 0 Å². The van der Waals surface area contributed by atoms with Crippen molar-refractivity contribution in [2.24, 2.45) is 5.92 Å². The molecule has 33 heavy (non-hydrogen) atoms. The average molecular weight is 447 g/mol. The first kappa shape index (κ1) is 22.1. The molecule has 174 valence electrons. The fourth-order valence-corrected chi connectivity index (χ4v) is 6.27. The number of carbonyl (C=O) groups excluding carboxylic acids is 1. The molecule has 0 aromatic heterocycles. The number of ether oxygens (including phenoxy) is 2. The van der Waals surface area contributed by atoms with E-state index < -0.39 is 5.60 Å². The Bertz CT molecular complexity index is 1110. The predicted octanol–water partition coefficient (Wildman–Crippen LogP) is 6.75. The molecule has 2 heterocycles. The zero-order valence-corrected chi connectivity index (χ0v) is 20.1. The highest BCUT2D eigenvalue weighted by Crippen LogP contribution is 2.62. The summed E-state index contributed by atoms with van der Waals surface area (Å²) in [5.41, 5.74) is 2.90. The van der Waals surface area contributed by atoms with Crippen LogP contribution >= 0.6 is 0 Å². The molecule has 0 amide bonds. The largest absolute Gasteiger partial charge is 0.507 e. The lowest BCUT2D eigenvalue weighted by Crippen LogP contribution is -2.55. The van der Waals surface area contributed by atoms with E-state index in [1.165, 1.54) is 5.57 Å². The molecule has 4 nitrogen and oxygen atoms in total. The molecule has 5 rings (SSSR count). The van der Waals surface area contributed by atoms with Gasteiger partial charge in [-0.1, -0.05) is 42.0 Å². The lowest BCUT2D eigenvalue weighted by Gasteiger charge is -2.56. The summed E-state index contributed by atoms with van der Waals surface area (Å²) in [6.45, 7) is 8.61. The second-order valence-electron chi connectivity index (χ2n) is 10.8. The van der Waals surface area contributed by atoms with E-state index in [0.29, 0.717) is 23.0 Å². The summed E-state index contributed by atoms with van der Waals surface area (Å²) in [5.74, 6) is 1.72. The van der Waals surface area contributed by atoms with E-state index in [1.807, 2.05) is 30.3 Å². The maximum Gasteiger partial charge on any atom is 0.174 e. The third-order valence-corrected chi connectivity index (χ3v) is 7.91. The maximum atomic E-state index is 13.5. The van der Waals surface area contributed by atoms with Crippen molar-refractivity contribution in [3.05, 3.63) is 64.7 Å². The van der Waals surface area contributed by atoms with Gasteiger partial charge in [0.2, 0.25) is 0 Å². The average Bonchev–Trinajstić information content (AvgIpc) is 2.73. The normalized spacial score (nSPS) is 29.0. The summed E-state index contributed by atoms with van der Waals surface area (Å²) in [5, 5.41) is 11.0. The van der Waals surface area contributed by atoms with Crippen molar-refractivity contribution in [2.75, 3.05) is 0 Å². The van der Waals surface area contributed by atoms with E-state index in [9.17, 15) is 9.90 Å². The molecule has 2 aromatic carbocycles. The quantitative estimate of drug-likeness (QED) is 0.394. The molecule has 4 unspecified atom stereocenters. The summed E-state index contributed by atoms with van der Waals surface area (Å²) < 4.78 is 13.2. The Morgan fingerprint density at radius 1 is 1.18 bits per heavy atom. The molecule has 1 N–H and O–H groups in total. The van der Waals surface area contributed by atoms with Crippen molar-refractivity contribution >= 4 is 5.78 Å². The SMILES string of the molecule is CC(C)=CCCC1(C)Oc2c(C(=O)Cc3ccccc3)c(O)cc3c2C2CC(C)(CCC21)O3. The number of aromatic hydroxyl groups is 1. The van der Waals surface area contributed by atoms with Gasteiger partial charge >= 0.3 is 0 Å². The highest BCUT2D eigenvalue weighted by Gasteiger charge is 2.56. The van der Waals surface area contributed by atoms with Crippen LogP contribution in [0.5, 0.6) is 17.2 Å². The third kappa shape index (κ3) is 3.84. The molecule has 1 aliphatic carbocycles. The lowest BCUT2D eigenvalue weighted by atomic mass is 9.60. The fraction of sp³-hybridized carbons (Fsp3) is 0.483. The molecule has 3 aliphatic rings. The van der Waals surface area contributed by atoms with Crippen LogP contribution in [-0.2, 0) is 6.42 Å². The number of carbonyl (C=O) groups is 1. The van der Waals surface area contributed by atoms with Gasteiger partial charge in [0.05, 0.1) is 0 Å². The third-order valence-electron chi connectivity index (χ3n) is 7.91. The minimum atomic E-state index is -0.394. The Morgan fingerprint density at radius 3 is 2.67 bits per heavy atom. The summed E-state index contributed by atoms with van der Waals surface area (Å²) in [4.78, 5) is 13.5. The highest BCUT2D eigenvalue weighted by molar-refractivity contribution is 6.03. The molecule has 1 fully saturated rings. The Hall–Kier alpha value is -2.75. The minimum absolute atomic E-state index is 0.0432. The molecule has 2 bridgehead atoms. The van der Waals surface area contributed by atoms with E-state index >= 15 is 0 Å². The van der Waals surface area contributed by atoms with Gasteiger partial charge in [-0.2, -0.15) is 0 Å². The molecule has 0 radical (unpaired) electrons. The Kier molecular flexibility index (Phi) is 5.30. The second kappa shape index (κ2) is 7.93. The van der Waals surface area contributed by atoms with Crippen LogP contribution in [0.1, 0.15) is 87.2 Å². The van der Waals surface area contributed by atoms with Crippen LogP contribution in [-0.4, -0.2) is 22.1 Å². The molecular weight excluding hydrogens is 412 g/mol. The van der Waals surface area contributed by atoms with Crippen molar-refractivity contribution in [1.82, 2.24) is 0 Å². The molecule has 2 aliphatic heterocycles. The Morgan fingerprint density at radius 2 is 1.94 bits per heavy atom. The minimum Gasteiger partial charge on any atom is -0.507 e. The van der Waals surface area contributed by atoms with Gasteiger partial charge in [0.1, 0.15) is 34.0 Å². The van der Waals surface area contributed by atoms with Gasteiger partial charge in [-0.3, -0.25) is 4.79 Å². The van der Waals surface area contributed by atoms with E-state index in [-0.39, 0.29) is 29.5 Å². The number of allylic oxidation sites excluding steroid dienone is 2. The molecular formula is C29H34O4.